The largest absolute Gasteiger partial charge is 0.337 e. The fraction of sp³-hybridized carbons (Fsp3) is 0.600. The SMILES string of the molecule is CC(=O)NC(N1C[C@@H]2C[C@H](C1)c1cccc(=O)n1C2)C(Cl)(Cl)Cl. The summed E-state index contributed by atoms with van der Waals surface area (Å²) in [6.07, 6.45) is 0.323. The summed E-state index contributed by atoms with van der Waals surface area (Å²) in [6, 6.07) is 5.35. The monoisotopic (exact) mass is 377 g/mol. The van der Waals surface area contributed by atoms with Crippen LogP contribution in [0.1, 0.15) is 25.0 Å². The van der Waals surface area contributed by atoms with Gasteiger partial charge in [-0.25, -0.2) is 0 Å². The molecule has 0 aliphatic carbocycles. The maximum atomic E-state index is 12.0. The van der Waals surface area contributed by atoms with Crippen molar-refractivity contribution in [2.45, 2.75) is 35.8 Å². The van der Waals surface area contributed by atoms with Gasteiger partial charge in [0.15, 0.2) is 0 Å². The number of hydrogen-bond acceptors (Lipinski definition) is 3. The van der Waals surface area contributed by atoms with Gasteiger partial charge in [0.2, 0.25) is 9.70 Å². The first-order valence-electron chi connectivity index (χ1n) is 7.53. The van der Waals surface area contributed by atoms with Crippen molar-refractivity contribution in [1.82, 2.24) is 14.8 Å². The van der Waals surface area contributed by atoms with Gasteiger partial charge in [-0.1, -0.05) is 40.9 Å². The second-order valence-corrected chi connectivity index (χ2v) is 8.67. The maximum Gasteiger partial charge on any atom is 0.250 e. The van der Waals surface area contributed by atoms with E-state index in [1.54, 1.807) is 12.1 Å². The van der Waals surface area contributed by atoms with Crippen molar-refractivity contribution in [3.05, 3.63) is 34.2 Å². The van der Waals surface area contributed by atoms with Crippen molar-refractivity contribution in [3.8, 4) is 0 Å². The van der Waals surface area contributed by atoms with Crippen molar-refractivity contribution in [1.29, 1.82) is 0 Å². The first kappa shape index (κ1) is 17.1. The Morgan fingerprint density at radius 3 is 2.70 bits per heavy atom. The van der Waals surface area contributed by atoms with Gasteiger partial charge in [0.1, 0.15) is 6.17 Å². The Hall–Kier alpha value is -0.750. The summed E-state index contributed by atoms with van der Waals surface area (Å²) in [5.74, 6) is 0.249. The topological polar surface area (TPSA) is 54.3 Å². The van der Waals surface area contributed by atoms with E-state index < -0.39 is 9.96 Å². The van der Waals surface area contributed by atoms with E-state index in [4.69, 9.17) is 34.8 Å². The lowest BCUT2D eigenvalue weighted by Gasteiger charge is -2.47. The normalized spacial score (nSPS) is 25.6. The quantitative estimate of drug-likeness (QED) is 0.802. The number of hydrogen-bond donors (Lipinski definition) is 1. The van der Waals surface area contributed by atoms with Crippen LogP contribution in [0.5, 0.6) is 0 Å². The van der Waals surface area contributed by atoms with Crippen LogP contribution in [0.3, 0.4) is 0 Å². The number of rotatable bonds is 2. The van der Waals surface area contributed by atoms with Gasteiger partial charge in [-0.3, -0.25) is 14.5 Å². The molecule has 1 fully saturated rings. The number of nitrogens with zero attached hydrogens (tertiary/aromatic N) is 2. The average molecular weight is 379 g/mol. The van der Waals surface area contributed by atoms with E-state index in [1.807, 2.05) is 15.5 Å². The van der Waals surface area contributed by atoms with E-state index in [9.17, 15) is 9.59 Å². The molecule has 8 heteroatoms. The Morgan fingerprint density at radius 1 is 1.30 bits per heavy atom. The highest BCUT2D eigenvalue weighted by Gasteiger charge is 2.43. The van der Waals surface area contributed by atoms with Gasteiger partial charge in [-0.2, -0.15) is 0 Å². The molecule has 0 saturated carbocycles. The van der Waals surface area contributed by atoms with Gasteiger partial charge in [0.05, 0.1) is 0 Å². The summed E-state index contributed by atoms with van der Waals surface area (Å²) < 4.78 is 0.229. The van der Waals surface area contributed by atoms with Crippen LogP contribution in [0.4, 0.5) is 0 Å². The molecule has 23 heavy (non-hydrogen) atoms. The molecule has 126 valence electrons. The van der Waals surface area contributed by atoms with E-state index in [1.165, 1.54) is 6.92 Å². The van der Waals surface area contributed by atoms with Gasteiger partial charge in [0.25, 0.3) is 5.56 Å². The average Bonchev–Trinajstić information content (AvgIpc) is 2.44. The van der Waals surface area contributed by atoms with Gasteiger partial charge in [-0.05, 0) is 18.4 Å². The van der Waals surface area contributed by atoms with Gasteiger partial charge in [-0.15, -0.1) is 0 Å². The zero-order valence-corrected chi connectivity index (χ0v) is 14.9. The van der Waals surface area contributed by atoms with Crippen molar-refractivity contribution in [3.63, 3.8) is 0 Å². The molecule has 1 unspecified atom stereocenters. The minimum atomic E-state index is -1.62. The predicted molar refractivity (Wildman–Crippen MR) is 91.0 cm³/mol. The summed E-state index contributed by atoms with van der Waals surface area (Å²) >= 11 is 18.2. The maximum absolute atomic E-state index is 12.0. The molecule has 3 rings (SSSR count). The predicted octanol–water partition coefficient (Wildman–Crippen LogP) is 2.10. The molecular weight excluding hydrogens is 361 g/mol. The van der Waals surface area contributed by atoms with E-state index in [0.29, 0.717) is 25.6 Å². The molecule has 1 aromatic heterocycles. The zero-order valence-electron chi connectivity index (χ0n) is 12.6. The number of carbonyl (C=O) groups excluding carboxylic acids is 1. The number of amides is 1. The molecule has 1 amide bonds. The highest BCUT2D eigenvalue weighted by Crippen LogP contribution is 2.39. The molecule has 3 atom stereocenters. The third-order valence-electron chi connectivity index (χ3n) is 4.52. The number of nitrogens with one attached hydrogen (secondary N) is 1. The number of halogens is 3. The van der Waals surface area contributed by atoms with Crippen LogP contribution in [0, 0.1) is 5.92 Å². The minimum Gasteiger partial charge on any atom is -0.337 e. The Kier molecular flexibility index (Phi) is 4.67. The fourth-order valence-electron chi connectivity index (χ4n) is 3.72. The van der Waals surface area contributed by atoms with Crippen LogP contribution in [-0.2, 0) is 11.3 Å². The highest BCUT2D eigenvalue weighted by molar-refractivity contribution is 6.68. The number of likely N-dealkylation sites (tertiary alicyclic amines) is 1. The van der Waals surface area contributed by atoms with E-state index in [-0.39, 0.29) is 17.4 Å². The second kappa shape index (κ2) is 6.28. The molecule has 2 bridgehead atoms. The molecule has 0 aromatic carbocycles. The summed E-state index contributed by atoms with van der Waals surface area (Å²) in [6.45, 7) is 3.38. The second-order valence-electron chi connectivity index (χ2n) is 6.30. The van der Waals surface area contributed by atoms with Crippen LogP contribution in [0.15, 0.2) is 23.0 Å². The number of pyridine rings is 1. The number of fused-ring (bicyclic) bond motifs is 4. The van der Waals surface area contributed by atoms with Gasteiger partial charge >= 0.3 is 0 Å². The number of piperidine rings is 1. The lowest BCUT2D eigenvalue weighted by atomic mass is 9.83. The third kappa shape index (κ3) is 3.53. The first-order chi connectivity index (χ1) is 10.8. The van der Waals surface area contributed by atoms with Crippen LogP contribution < -0.4 is 10.9 Å². The van der Waals surface area contributed by atoms with Crippen molar-refractivity contribution < 1.29 is 4.79 Å². The standard InChI is InChI=1S/C15H18Cl3N3O2/c1-9(22)19-14(15(16,17)18)20-6-10-5-11(8-20)12-3-2-4-13(23)21(12)7-10/h2-4,10-11,14H,5-8H2,1H3,(H,19,22)/t10-,11+,14?/m0/s1. The molecule has 0 radical (unpaired) electrons. The van der Waals surface area contributed by atoms with Crippen LogP contribution in [0.2, 0.25) is 0 Å². The molecule has 1 aromatic rings. The van der Waals surface area contributed by atoms with Gasteiger partial charge in [0, 0.05) is 44.2 Å². The van der Waals surface area contributed by atoms with Crippen LogP contribution in [0.25, 0.3) is 0 Å². The molecule has 3 heterocycles. The molecule has 0 spiro atoms. The summed E-state index contributed by atoms with van der Waals surface area (Å²) in [7, 11) is 0. The lowest BCUT2D eigenvalue weighted by Crippen LogP contribution is -2.60. The number of alkyl halides is 3. The van der Waals surface area contributed by atoms with Gasteiger partial charge < -0.3 is 9.88 Å². The summed E-state index contributed by atoms with van der Waals surface area (Å²) in [4.78, 5) is 25.5. The molecule has 5 nitrogen and oxygen atoms in total. The minimum absolute atomic E-state index is 0.0328. The van der Waals surface area contributed by atoms with Crippen LogP contribution >= 0.6 is 34.8 Å². The summed E-state index contributed by atoms with van der Waals surface area (Å²) in [5, 5.41) is 2.74. The van der Waals surface area contributed by atoms with Crippen LogP contribution in [-0.4, -0.2) is 38.4 Å². The third-order valence-corrected chi connectivity index (χ3v) is 5.14. The fourth-order valence-corrected chi connectivity index (χ4v) is 4.29. The van der Waals surface area contributed by atoms with Crippen molar-refractivity contribution in [2.75, 3.05) is 13.1 Å². The summed E-state index contributed by atoms with van der Waals surface area (Å²) in [5.41, 5.74) is 1.05. The number of carbonyl (C=O) groups is 1. The molecule has 2 aliphatic rings. The Balaban J connectivity index is 1.89. The van der Waals surface area contributed by atoms with E-state index >= 15 is 0 Å². The van der Waals surface area contributed by atoms with E-state index in [2.05, 4.69) is 5.32 Å². The zero-order chi connectivity index (χ0) is 16.8. The lowest BCUT2D eigenvalue weighted by molar-refractivity contribution is -0.121. The van der Waals surface area contributed by atoms with E-state index in [0.717, 1.165) is 12.1 Å². The number of aromatic nitrogens is 1. The van der Waals surface area contributed by atoms with Crippen molar-refractivity contribution >= 4 is 40.7 Å². The molecule has 1 N–H and O–H groups in total. The molecule has 1 saturated heterocycles. The smallest absolute Gasteiger partial charge is 0.250 e. The molecule has 2 aliphatic heterocycles. The Labute approximate surface area is 149 Å². The Morgan fingerprint density at radius 2 is 2.04 bits per heavy atom. The highest BCUT2D eigenvalue weighted by atomic mass is 35.6. The first-order valence-corrected chi connectivity index (χ1v) is 8.66. The van der Waals surface area contributed by atoms with Crippen molar-refractivity contribution in [2.24, 2.45) is 5.92 Å². The molecular formula is C15H18Cl3N3O2. The Bertz CT molecular complexity index is 671.